The Morgan fingerprint density at radius 3 is 1.41 bits per heavy atom. The van der Waals surface area contributed by atoms with E-state index in [1.807, 2.05) is 0 Å². The highest BCUT2D eigenvalue weighted by molar-refractivity contribution is 6.12. The summed E-state index contributed by atoms with van der Waals surface area (Å²) in [5.74, 6) is -0.298. The van der Waals surface area contributed by atoms with Gasteiger partial charge in [-0.15, -0.1) is 0 Å². The number of amides is 2. The lowest BCUT2D eigenvalue weighted by molar-refractivity contribution is -0.136. The summed E-state index contributed by atoms with van der Waals surface area (Å²) >= 11 is 0. The van der Waals surface area contributed by atoms with E-state index in [0.29, 0.717) is 6.54 Å². The largest absolute Gasteiger partial charge is 0.275 e. The maximum Gasteiger partial charge on any atom is 0.253 e. The summed E-state index contributed by atoms with van der Waals surface area (Å²) in [6.45, 7) is 2.85. The second kappa shape index (κ2) is 12.4. The van der Waals surface area contributed by atoms with Crippen LogP contribution in [0.25, 0.3) is 0 Å². The second-order valence-electron chi connectivity index (χ2n) is 6.40. The average Bonchev–Trinajstić information content (AvgIpc) is 2.83. The van der Waals surface area contributed by atoms with E-state index in [1.165, 1.54) is 87.7 Å². The Balaban J connectivity index is 1.79. The molecule has 3 nitrogen and oxygen atoms in total. The zero-order valence-corrected chi connectivity index (χ0v) is 14.3. The summed E-state index contributed by atoms with van der Waals surface area (Å²) in [7, 11) is 0. The molecule has 1 aliphatic heterocycles. The van der Waals surface area contributed by atoms with E-state index in [-0.39, 0.29) is 11.8 Å². The van der Waals surface area contributed by atoms with Crippen molar-refractivity contribution in [1.82, 2.24) is 4.90 Å². The molecular formula is C19H33NO2. The normalized spacial score (nSPS) is 14.3. The first-order valence-electron chi connectivity index (χ1n) is 9.29. The highest BCUT2D eigenvalue weighted by Gasteiger charge is 2.21. The van der Waals surface area contributed by atoms with Crippen molar-refractivity contribution in [2.24, 2.45) is 0 Å². The highest BCUT2D eigenvalue weighted by Crippen LogP contribution is 2.13. The lowest BCUT2D eigenvalue weighted by atomic mass is 10.0. The van der Waals surface area contributed by atoms with Gasteiger partial charge in [-0.1, -0.05) is 84.0 Å². The van der Waals surface area contributed by atoms with E-state index in [2.05, 4.69) is 6.92 Å². The summed E-state index contributed by atoms with van der Waals surface area (Å²) in [4.78, 5) is 24.1. The van der Waals surface area contributed by atoms with Crippen molar-refractivity contribution < 1.29 is 9.59 Å². The Kier molecular flexibility index (Phi) is 10.7. The summed E-state index contributed by atoms with van der Waals surface area (Å²) in [5, 5.41) is 0. The molecule has 0 aromatic rings. The Morgan fingerprint density at radius 2 is 1.00 bits per heavy atom. The Morgan fingerprint density at radius 1 is 0.636 bits per heavy atom. The predicted octanol–water partition coefficient (Wildman–Crippen LogP) is 5.00. The van der Waals surface area contributed by atoms with Crippen LogP contribution in [-0.2, 0) is 9.59 Å². The number of hydrogen-bond donors (Lipinski definition) is 0. The number of rotatable bonds is 14. The molecule has 126 valence electrons. The minimum absolute atomic E-state index is 0.149. The minimum atomic E-state index is -0.149. The number of nitrogens with zero attached hydrogens (tertiary/aromatic N) is 1. The van der Waals surface area contributed by atoms with Crippen LogP contribution in [0.5, 0.6) is 0 Å². The van der Waals surface area contributed by atoms with Gasteiger partial charge < -0.3 is 0 Å². The van der Waals surface area contributed by atoms with E-state index < -0.39 is 0 Å². The zero-order valence-electron chi connectivity index (χ0n) is 14.3. The van der Waals surface area contributed by atoms with Gasteiger partial charge in [0, 0.05) is 18.7 Å². The molecule has 22 heavy (non-hydrogen) atoms. The number of imide groups is 1. The molecule has 2 amide bonds. The smallest absolute Gasteiger partial charge is 0.253 e. The molecule has 0 unspecified atom stereocenters. The molecule has 0 aliphatic carbocycles. The Labute approximate surface area is 136 Å². The van der Waals surface area contributed by atoms with E-state index in [1.54, 1.807) is 0 Å². The van der Waals surface area contributed by atoms with Crippen molar-refractivity contribution in [3.8, 4) is 0 Å². The molecule has 0 aromatic heterocycles. The third kappa shape index (κ3) is 8.35. The molecular weight excluding hydrogens is 274 g/mol. The molecule has 0 saturated carbocycles. The standard InChI is InChI=1S/C19H33NO2/c1-2-3-4-5-6-7-8-9-10-11-12-13-14-17-20-18(21)15-16-19(20)22/h15-16H,2-14,17H2,1H3. The third-order valence-corrected chi connectivity index (χ3v) is 4.39. The van der Waals surface area contributed by atoms with Gasteiger partial charge in [-0.25, -0.2) is 0 Å². The quantitative estimate of drug-likeness (QED) is 0.334. The van der Waals surface area contributed by atoms with Crippen LogP contribution in [0.1, 0.15) is 90.4 Å². The van der Waals surface area contributed by atoms with E-state index in [4.69, 9.17) is 0 Å². The van der Waals surface area contributed by atoms with Crippen molar-refractivity contribution in [3.63, 3.8) is 0 Å². The van der Waals surface area contributed by atoms with E-state index in [0.717, 1.165) is 12.8 Å². The Hall–Kier alpha value is -1.12. The van der Waals surface area contributed by atoms with Crippen LogP contribution in [-0.4, -0.2) is 23.3 Å². The molecule has 0 aromatic carbocycles. The number of carbonyl (C=O) groups is 2. The van der Waals surface area contributed by atoms with Crippen molar-refractivity contribution in [2.45, 2.75) is 90.4 Å². The van der Waals surface area contributed by atoms with Crippen LogP contribution in [0.15, 0.2) is 12.2 Å². The third-order valence-electron chi connectivity index (χ3n) is 4.39. The van der Waals surface area contributed by atoms with Gasteiger partial charge in [-0.2, -0.15) is 0 Å². The van der Waals surface area contributed by atoms with Gasteiger partial charge >= 0.3 is 0 Å². The highest BCUT2D eigenvalue weighted by atomic mass is 16.2. The summed E-state index contributed by atoms with van der Waals surface area (Å²) in [5.41, 5.74) is 0. The maximum absolute atomic E-state index is 11.4. The fourth-order valence-corrected chi connectivity index (χ4v) is 2.94. The average molecular weight is 307 g/mol. The topological polar surface area (TPSA) is 37.4 Å². The Bertz CT molecular complexity index is 331. The van der Waals surface area contributed by atoms with Crippen molar-refractivity contribution in [2.75, 3.05) is 6.54 Å². The predicted molar refractivity (Wildman–Crippen MR) is 91.6 cm³/mol. The summed E-state index contributed by atoms with van der Waals surface area (Å²) < 4.78 is 0. The molecule has 0 fully saturated rings. The van der Waals surface area contributed by atoms with Gasteiger partial charge in [0.25, 0.3) is 11.8 Å². The molecule has 0 bridgehead atoms. The molecule has 0 N–H and O–H groups in total. The van der Waals surface area contributed by atoms with Crippen LogP contribution >= 0.6 is 0 Å². The molecule has 0 saturated heterocycles. The molecule has 0 spiro atoms. The SMILES string of the molecule is CCCCCCCCCCCCCCCN1C(=O)C=CC1=O. The molecule has 0 radical (unpaired) electrons. The van der Waals surface area contributed by atoms with Crippen LogP contribution in [0.2, 0.25) is 0 Å². The van der Waals surface area contributed by atoms with Gasteiger partial charge in [0.1, 0.15) is 0 Å². The van der Waals surface area contributed by atoms with E-state index >= 15 is 0 Å². The van der Waals surface area contributed by atoms with Crippen LogP contribution in [0.3, 0.4) is 0 Å². The fourth-order valence-electron chi connectivity index (χ4n) is 2.94. The second-order valence-corrected chi connectivity index (χ2v) is 6.40. The van der Waals surface area contributed by atoms with Crippen molar-refractivity contribution in [1.29, 1.82) is 0 Å². The lowest BCUT2D eigenvalue weighted by Crippen LogP contribution is -2.30. The fraction of sp³-hybridized carbons (Fsp3) is 0.789. The number of carbonyl (C=O) groups excluding carboxylic acids is 2. The summed E-state index contributed by atoms with van der Waals surface area (Å²) in [6.07, 6.45) is 19.7. The molecule has 1 heterocycles. The van der Waals surface area contributed by atoms with Crippen LogP contribution in [0.4, 0.5) is 0 Å². The molecule has 0 atom stereocenters. The first kappa shape index (κ1) is 18.9. The molecule has 3 heteroatoms. The zero-order chi connectivity index (χ0) is 16.0. The van der Waals surface area contributed by atoms with Crippen molar-refractivity contribution >= 4 is 11.8 Å². The van der Waals surface area contributed by atoms with Gasteiger partial charge in [0.05, 0.1) is 0 Å². The maximum atomic E-state index is 11.4. The lowest BCUT2D eigenvalue weighted by Gasteiger charge is -2.12. The van der Waals surface area contributed by atoms with Crippen LogP contribution < -0.4 is 0 Å². The first-order chi connectivity index (χ1) is 10.8. The minimum Gasteiger partial charge on any atom is -0.275 e. The van der Waals surface area contributed by atoms with Crippen molar-refractivity contribution in [3.05, 3.63) is 12.2 Å². The monoisotopic (exact) mass is 307 g/mol. The van der Waals surface area contributed by atoms with Gasteiger partial charge in [-0.3, -0.25) is 14.5 Å². The van der Waals surface area contributed by atoms with Crippen LogP contribution in [0, 0.1) is 0 Å². The number of unbranched alkanes of at least 4 members (excludes halogenated alkanes) is 12. The number of hydrogen-bond acceptors (Lipinski definition) is 2. The van der Waals surface area contributed by atoms with E-state index in [9.17, 15) is 9.59 Å². The molecule has 1 aliphatic rings. The van der Waals surface area contributed by atoms with Gasteiger partial charge in [0.2, 0.25) is 0 Å². The summed E-state index contributed by atoms with van der Waals surface area (Å²) in [6, 6.07) is 0. The first-order valence-corrected chi connectivity index (χ1v) is 9.29. The van der Waals surface area contributed by atoms with Gasteiger partial charge in [0.15, 0.2) is 0 Å². The molecule has 1 rings (SSSR count). The van der Waals surface area contributed by atoms with Gasteiger partial charge in [-0.05, 0) is 6.42 Å².